The normalized spacial score (nSPS) is 23.5. The first kappa shape index (κ1) is 9.08. The molecule has 1 aliphatic heterocycles. The molecule has 0 amide bonds. The van der Waals surface area contributed by atoms with Gasteiger partial charge in [0.05, 0.1) is 6.67 Å². The summed E-state index contributed by atoms with van der Waals surface area (Å²) in [5.74, 6) is 0.794. The van der Waals surface area contributed by atoms with Crippen LogP contribution in [0.1, 0.15) is 32.1 Å². The molecule has 6 heteroatoms. The van der Waals surface area contributed by atoms with Gasteiger partial charge in [-0.25, -0.2) is 0 Å². The van der Waals surface area contributed by atoms with Gasteiger partial charge in [0.2, 0.25) is 5.95 Å². The number of rotatable bonds is 1. The van der Waals surface area contributed by atoms with Crippen LogP contribution in [0, 0.1) is 0 Å². The standard InChI is InChI=1S/C9H16N6/c1-2-4-8(5-3-1)14-6-10-9-11-12-13-15(9)7-14/h8H,1-7H2,(H,10,11,13). The first-order valence-electron chi connectivity index (χ1n) is 5.67. The van der Waals surface area contributed by atoms with Gasteiger partial charge in [-0.3, -0.25) is 4.90 Å². The fourth-order valence-corrected chi connectivity index (χ4v) is 2.51. The van der Waals surface area contributed by atoms with Gasteiger partial charge in [-0.2, -0.15) is 4.68 Å². The van der Waals surface area contributed by atoms with Gasteiger partial charge in [0.1, 0.15) is 6.67 Å². The van der Waals surface area contributed by atoms with Crippen molar-refractivity contribution in [3.63, 3.8) is 0 Å². The predicted octanol–water partition coefficient (Wildman–Crippen LogP) is 0.648. The van der Waals surface area contributed by atoms with Gasteiger partial charge in [0, 0.05) is 6.04 Å². The van der Waals surface area contributed by atoms with Gasteiger partial charge >= 0.3 is 0 Å². The van der Waals surface area contributed by atoms with Crippen molar-refractivity contribution in [3.05, 3.63) is 0 Å². The summed E-state index contributed by atoms with van der Waals surface area (Å²) in [6.45, 7) is 1.71. The molecule has 1 aliphatic carbocycles. The Labute approximate surface area is 88.6 Å². The minimum absolute atomic E-state index is 0.712. The lowest BCUT2D eigenvalue weighted by atomic mass is 9.94. The maximum absolute atomic E-state index is 3.95. The van der Waals surface area contributed by atoms with Crippen LogP contribution in [0.5, 0.6) is 0 Å². The van der Waals surface area contributed by atoms with Gasteiger partial charge in [0.25, 0.3) is 0 Å². The van der Waals surface area contributed by atoms with Gasteiger partial charge in [-0.1, -0.05) is 24.4 Å². The Morgan fingerprint density at radius 1 is 1.20 bits per heavy atom. The van der Waals surface area contributed by atoms with E-state index in [0.717, 1.165) is 19.3 Å². The highest BCUT2D eigenvalue weighted by Crippen LogP contribution is 2.24. The number of nitrogens with zero attached hydrogens (tertiary/aromatic N) is 5. The molecular weight excluding hydrogens is 192 g/mol. The monoisotopic (exact) mass is 208 g/mol. The predicted molar refractivity (Wildman–Crippen MR) is 55.0 cm³/mol. The molecule has 1 aromatic heterocycles. The number of aromatic nitrogens is 4. The Morgan fingerprint density at radius 3 is 2.93 bits per heavy atom. The van der Waals surface area contributed by atoms with Crippen molar-refractivity contribution in [1.82, 2.24) is 25.1 Å². The van der Waals surface area contributed by atoms with Crippen LogP contribution in [-0.2, 0) is 6.67 Å². The van der Waals surface area contributed by atoms with Crippen LogP contribution in [0.25, 0.3) is 0 Å². The lowest BCUT2D eigenvalue weighted by Crippen LogP contribution is -2.44. The van der Waals surface area contributed by atoms with E-state index in [1.807, 2.05) is 4.68 Å². The number of nitrogens with one attached hydrogen (secondary N) is 1. The van der Waals surface area contributed by atoms with Crippen molar-refractivity contribution in [3.8, 4) is 0 Å². The largest absolute Gasteiger partial charge is 0.340 e. The van der Waals surface area contributed by atoms with Crippen LogP contribution in [0.4, 0.5) is 5.95 Å². The Balaban J connectivity index is 1.69. The average molecular weight is 208 g/mol. The highest BCUT2D eigenvalue weighted by atomic mass is 15.6. The molecule has 1 fully saturated rings. The fraction of sp³-hybridized carbons (Fsp3) is 0.889. The lowest BCUT2D eigenvalue weighted by Gasteiger charge is -2.36. The van der Waals surface area contributed by atoms with E-state index in [9.17, 15) is 0 Å². The summed E-state index contributed by atoms with van der Waals surface area (Å²) in [6, 6.07) is 0.712. The second-order valence-electron chi connectivity index (χ2n) is 4.36. The molecule has 0 spiro atoms. The highest BCUT2D eigenvalue weighted by molar-refractivity contribution is 5.22. The Morgan fingerprint density at radius 2 is 2.07 bits per heavy atom. The number of tetrazole rings is 1. The number of hydrogen-bond donors (Lipinski definition) is 1. The summed E-state index contributed by atoms with van der Waals surface area (Å²) in [5, 5.41) is 14.8. The van der Waals surface area contributed by atoms with Gasteiger partial charge < -0.3 is 5.32 Å². The Bertz CT molecular complexity index is 329. The van der Waals surface area contributed by atoms with E-state index in [1.54, 1.807) is 0 Å². The third kappa shape index (κ3) is 1.69. The lowest BCUT2D eigenvalue weighted by molar-refractivity contribution is 0.112. The SMILES string of the molecule is C1CCC(N2CNc3nnnn3C2)CC1. The first-order chi connectivity index (χ1) is 7.43. The number of hydrogen-bond acceptors (Lipinski definition) is 5. The number of anilines is 1. The van der Waals surface area contributed by atoms with Crippen LogP contribution in [0.2, 0.25) is 0 Å². The zero-order chi connectivity index (χ0) is 10.1. The third-order valence-electron chi connectivity index (χ3n) is 3.38. The molecule has 0 bridgehead atoms. The smallest absolute Gasteiger partial charge is 0.245 e. The molecular formula is C9H16N6. The maximum atomic E-state index is 3.95. The molecule has 1 aromatic rings. The van der Waals surface area contributed by atoms with E-state index < -0.39 is 0 Å². The molecule has 0 aromatic carbocycles. The van der Waals surface area contributed by atoms with E-state index in [-0.39, 0.29) is 0 Å². The molecule has 2 aliphatic rings. The molecule has 82 valence electrons. The van der Waals surface area contributed by atoms with E-state index in [0.29, 0.717) is 6.04 Å². The van der Waals surface area contributed by atoms with Crippen LogP contribution in [0.3, 0.4) is 0 Å². The fourth-order valence-electron chi connectivity index (χ4n) is 2.51. The summed E-state index contributed by atoms with van der Waals surface area (Å²) in [6.07, 6.45) is 6.76. The molecule has 0 unspecified atom stereocenters. The summed E-state index contributed by atoms with van der Waals surface area (Å²) < 4.78 is 1.83. The number of fused-ring (bicyclic) bond motifs is 1. The molecule has 1 N–H and O–H groups in total. The van der Waals surface area contributed by atoms with Crippen LogP contribution >= 0.6 is 0 Å². The molecule has 3 rings (SSSR count). The van der Waals surface area contributed by atoms with Crippen LogP contribution in [0.15, 0.2) is 0 Å². The van der Waals surface area contributed by atoms with E-state index in [4.69, 9.17) is 0 Å². The highest BCUT2D eigenvalue weighted by Gasteiger charge is 2.25. The first-order valence-corrected chi connectivity index (χ1v) is 5.67. The van der Waals surface area contributed by atoms with Crippen LogP contribution < -0.4 is 5.32 Å². The summed E-state index contributed by atoms with van der Waals surface area (Å²) >= 11 is 0. The second-order valence-corrected chi connectivity index (χ2v) is 4.36. The van der Waals surface area contributed by atoms with Crippen molar-refractivity contribution in [2.45, 2.75) is 44.8 Å². The zero-order valence-corrected chi connectivity index (χ0v) is 8.76. The van der Waals surface area contributed by atoms with Crippen molar-refractivity contribution in [2.75, 3.05) is 12.0 Å². The van der Waals surface area contributed by atoms with Crippen molar-refractivity contribution in [1.29, 1.82) is 0 Å². The van der Waals surface area contributed by atoms with Crippen LogP contribution in [-0.4, -0.2) is 37.8 Å². The van der Waals surface area contributed by atoms with Crippen molar-refractivity contribution < 1.29 is 0 Å². The van der Waals surface area contributed by atoms with Gasteiger partial charge in [-0.15, -0.1) is 0 Å². The molecule has 0 radical (unpaired) electrons. The molecule has 6 nitrogen and oxygen atoms in total. The molecule has 0 saturated heterocycles. The minimum Gasteiger partial charge on any atom is -0.340 e. The van der Waals surface area contributed by atoms with Crippen molar-refractivity contribution in [2.24, 2.45) is 0 Å². The van der Waals surface area contributed by atoms with E-state index in [1.165, 1.54) is 32.1 Å². The van der Waals surface area contributed by atoms with E-state index in [2.05, 4.69) is 25.7 Å². The minimum atomic E-state index is 0.712. The molecule has 15 heavy (non-hydrogen) atoms. The summed E-state index contributed by atoms with van der Waals surface area (Å²) in [4.78, 5) is 2.43. The topological polar surface area (TPSA) is 58.9 Å². The summed E-state index contributed by atoms with van der Waals surface area (Å²) in [5.41, 5.74) is 0. The molecule has 2 heterocycles. The van der Waals surface area contributed by atoms with E-state index >= 15 is 0 Å². The molecule has 1 saturated carbocycles. The maximum Gasteiger partial charge on any atom is 0.245 e. The van der Waals surface area contributed by atoms with Crippen molar-refractivity contribution >= 4 is 5.95 Å². The van der Waals surface area contributed by atoms with Gasteiger partial charge in [0.15, 0.2) is 0 Å². The summed E-state index contributed by atoms with van der Waals surface area (Å²) in [7, 11) is 0. The molecule has 0 atom stereocenters. The Kier molecular flexibility index (Phi) is 2.28. The second kappa shape index (κ2) is 3.77. The zero-order valence-electron chi connectivity index (χ0n) is 8.76. The Hall–Kier alpha value is -1.17. The van der Waals surface area contributed by atoms with Gasteiger partial charge in [-0.05, 0) is 23.3 Å². The quantitative estimate of drug-likeness (QED) is 0.734. The third-order valence-corrected chi connectivity index (χ3v) is 3.38. The average Bonchev–Trinajstić information content (AvgIpc) is 2.77.